The third-order valence-electron chi connectivity index (χ3n) is 2.66. The molecule has 0 bridgehead atoms. The molecule has 1 fully saturated rings. The molecule has 0 heterocycles. The summed E-state index contributed by atoms with van der Waals surface area (Å²) in [5, 5.41) is 0. The summed E-state index contributed by atoms with van der Waals surface area (Å²) in [6.45, 7) is 5.38. The lowest BCUT2D eigenvalue weighted by Crippen LogP contribution is -2.41. The lowest BCUT2D eigenvalue weighted by atomic mass is 9.76. The van der Waals surface area contributed by atoms with Crippen molar-refractivity contribution in [3.8, 4) is 0 Å². The molecule has 12 heavy (non-hydrogen) atoms. The van der Waals surface area contributed by atoms with Gasteiger partial charge in [0.15, 0.2) is 5.78 Å². The van der Waals surface area contributed by atoms with Crippen LogP contribution in [0.4, 0.5) is 0 Å². The van der Waals surface area contributed by atoms with Gasteiger partial charge in [-0.1, -0.05) is 6.58 Å². The number of rotatable bonds is 4. The van der Waals surface area contributed by atoms with Crippen LogP contribution in [0.2, 0.25) is 0 Å². The maximum Gasteiger partial charge on any atom is 0.160 e. The first-order chi connectivity index (χ1) is 5.59. The second-order valence-corrected chi connectivity index (χ2v) is 3.62. The van der Waals surface area contributed by atoms with Crippen molar-refractivity contribution in [1.29, 1.82) is 0 Å². The topological polar surface area (TPSA) is 26.3 Å². The molecule has 0 N–H and O–H groups in total. The highest BCUT2D eigenvalue weighted by atomic mass is 16.5. The van der Waals surface area contributed by atoms with Crippen LogP contribution in [-0.4, -0.2) is 18.5 Å². The number of hydrogen-bond donors (Lipinski definition) is 0. The molecule has 2 heteroatoms. The van der Waals surface area contributed by atoms with E-state index < -0.39 is 0 Å². The molecule has 0 radical (unpaired) electrons. The Morgan fingerprint density at radius 3 is 2.42 bits per heavy atom. The van der Waals surface area contributed by atoms with Crippen LogP contribution >= 0.6 is 0 Å². The molecule has 2 nitrogen and oxygen atoms in total. The largest absolute Gasteiger partial charge is 0.378 e. The number of hydrogen-bond acceptors (Lipinski definition) is 2. The van der Waals surface area contributed by atoms with Gasteiger partial charge >= 0.3 is 0 Å². The number of carbonyl (C=O) groups excluding carboxylic acids is 1. The minimum absolute atomic E-state index is 0.136. The fraction of sp³-hybridized carbons (Fsp3) is 0.700. The van der Waals surface area contributed by atoms with Crippen LogP contribution in [0.1, 0.15) is 32.6 Å². The Balaban J connectivity index is 2.48. The average Bonchev–Trinajstić information content (AvgIpc) is 1.96. The highest BCUT2D eigenvalue weighted by molar-refractivity contribution is 5.94. The molecule has 68 valence electrons. The van der Waals surface area contributed by atoms with Gasteiger partial charge in [-0.15, -0.1) is 0 Å². The Bertz CT molecular complexity index is 196. The van der Waals surface area contributed by atoms with Crippen LogP contribution in [0, 0.1) is 0 Å². The molecule has 0 aliphatic heterocycles. The second-order valence-electron chi connectivity index (χ2n) is 3.62. The Hall–Kier alpha value is -0.630. The fourth-order valence-electron chi connectivity index (χ4n) is 1.47. The summed E-state index contributed by atoms with van der Waals surface area (Å²) in [6.07, 6.45) is 3.72. The van der Waals surface area contributed by atoms with Crippen molar-refractivity contribution in [1.82, 2.24) is 0 Å². The molecule has 1 rings (SSSR count). The SMILES string of the molecule is C=C(C)C(=O)CC1(OC)CCC1. The first kappa shape index (κ1) is 9.46. The van der Waals surface area contributed by atoms with E-state index in [2.05, 4.69) is 6.58 Å². The lowest BCUT2D eigenvalue weighted by Gasteiger charge is -2.40. The van der Waals surface area contributed by atoms with Crippen molar-refractivity contribution in [3.05, 3.63) is 12.2 Å². The molecular formula is C10H16O2. The highest BCUT2D eigenvalue weighted by Crippen LogP contribution is 2.38. The van der Waals surface area contributed by atoms with Gasteiger partial charge in [0.2, 0.25) is 0 Å². The lowest BCUT2D eigenvalue weighted by molar-refractivity contribution is -0.128. The van der Waals surface area contributed by atoms with Crippen molar-refractivity contribution < 1.29 is 9.53 Å². The molecule has 1 aliphatic rings. The summed E-state index contributed by atoms with van der Waals surface area (Å²) in [6, 6.07) is 0. The number of methoxy groups -OCH3 is 1. The highest BCUT2D eigenvalue weighted by Gasteiger charge is 2.38. The van der Waals surface area contributed by atoms with E-state index in [-0.39, 0.29) is 11.4 Å². The van der Waals surface area contributed by atoms with Crippen molar-refractivity contribution >= 4 is 5.78 Å². The first-order valence-electron chi connectivity index (χ1n) is 4.33. The summed E-state index contributed by atoms with van der Waals surface area (Å²) in [5.74, 6) is 0.136. The van der Waals surface area contributed by atoms with Crippen LogP contribution in [0.15, 0.2) is 12.2 Å². The summed E-state index contributed by atoms with van der Waals surface area (Å²) in [7, 11) is 1.69. The van der Waals surface area contributed by atoms with E-state index in [1.165, 1.54) is 6.42 Å². The summed E-state index contributed by atoms with van der Waals surface area (Å²) in [5.41, 5.74) is 0.495. The Morgan fingerprint density at radius 1 is 1.58 bits per heavy atom. The van der Waals surface area contributed by atoms with Gasteiger partial charge in [0.05, 0.1) is 5.60 Å². The smallest absolute Gasteiger partial charge is 0.160 e. The maximum absolute atomic E-state index is 11.3. The van der Waals surface area contributed by atoms with Gasteiger partial charge in [-0.2, -0.15) is 0 Å². The molecule has 0 aromatic heterocycles. The Kier molecular flexibility index (Phi) is 2.68. The molecule has 0 saturated heterocycles. The predicted molar refractivity (Wildman–Crippen MR) is 48.0 cm³/mol. The molecule has 0 unspecified atom stereocenters. The molecule has 1 saturated carbocycles. The van der Waals surface area contributed by atoms with E-state index in [9.17, 15) is 4.79 Å². The van der Waals surface area contributed by atoms with Gasteiger partial charge in [0, 0.05) is 13.5 Å². The summed E-state index contributed by atoms with van der Waals surface area (Å²) < 4.78 is 5.33. The van der Waals surface area contributed by atoms with Crippen LogP contribution in [0.5, 0.6) is 0 Å². The third kappa shape index (κ3) is 1.75. The number of carbonyl (C=O) groups is 1. The molecule has 0 aromatic rings. The van der Waals surface area contributed by atoms with Gasteiger partial charge in [-0.3, -0.25) is 4.79 Å². The fourth-order valence-corrected chi connectivity index (χ4v) is 1.47. The zero-order chi connectivity index (χ0) is 9.19. The van der Waals surface area contributed by atoms with Crippen molar-refractivity contribution in [2.24, 2.45) is 0 Å². The molecule has 0 aromatic carbocycles. The Labute approximate surface area is 73.6 Å². The van der Waals surface area contributed by atoms with E-state index in [0.29, 0.717) is 12.0 Å². The van der Waals surface area contributed by atoms with Crippen LogP contribution < -0.4 is 0 Å². The summed E-state index contributed by atoms with van der Waals surface area (Å²) in [4.78, 5) is 11.3. The third-order valence-corrected chi connectivity index (χ3v) is 2.66. The van der Waals surface area contributed by atoms with Crippen LogP contribution in [-0.2, 0) is 9.53 Å². The standard InChI is InChI=1S/C10H16O2/c1-8(2)9(11)7-10(12-3)5-4-6-10/h1,4-7H2,2-3H3. The minimum atomic E-state index is -0.143. The van der Waals surface area contributed by atoms with Crippen molar-refractivity contribution in [3.63, 3.8) is 0 Å². The molecule has 1 aliphatic carbocycles. The average molecular weight is 168 g/mol. The minimum Gasteiger partial charge on any atom is -0.378 e. The molecule has 0 amide bonds. The van der Waals surface area contributed by atoms with Crippen molar-refractivity contribution in [2.75, 3.05) is 7.11 Å². The monoisotopic (exact) mass is 168 g/mol. The second kappa shape index (κ2) is 3.40. The van der Waals surface area contributed by atoms with E-state index >= 15 is 0 Å². The Morgan fingerprint density at radius 2 is 2.17 bits per heavy atom. The van der Waals surface area contributed by atoms with E-state index in [1.54, 1.807) is 14.0 Å². The van der Waals surface area contributed by atoms with E-state index in [1.807, 2.05) is 0 Å². The molecular weight excluding hydrogens is 152 g/mol. The number of ketones is 1. The summed E-state index contributed by atoms with van der Waals surface area (Å²) >= 11 is 0. The van der Waals surface area contributed by atoms with Gasteiger partial charge in [-0.25, -0.2) is 0 Å². The molecule has 0 spiro atoms. The zero-order valence-electron chi connectivity index (χ0n) is 7.85. The van der Waals surface area contributed by atoms with Gasteiger partial charge < -0.3 is 4.74 Å². The molecule has 0 atom stereocenters. The van der Waals surface area contributed by atoms with E-state index in [4.69, 9.17) is 4.74 Å². The maximum atomic E-state index is 11.3. The first-order valence-corrected chi connectivity index (χ1v) is 4.33. The van der Waals surface area contributed by atoms with Gasteiger partial charge in [0.1, 0.15) is 0 Å². The quantitative estimate of drug-likeness (QED) is 0.601. The number of allylic oxidation sites excluding steroid dienone is 1. The van der Waals surface area contributed by atoms with E-state index in [0.717, 1.165) is 12.8 Å². The predicted octanol–water partition coefficient (Wildman–Crippen LogP) is 2.09. The number of Topliss-reactive ketones (excluding diaryl/α,β-unsaturated/α-hetero) is 1. The van der Waals surface area contributed by atoms with Crippen LogP contribution in [0.3, 0.4) is 0 Å². The van der Waals surface area contributed by atoms with Crippen LogP contribution in [0.25, 0.3) is 0 Å². The van der Waals surface area contributed by atoms with Gasteiger partial charge in [-0.05, 0) is 31.8 Å². The van der Waals surface area contributed by atoms with Gasteiger partial charge in [0.25, 0.3) is 0 Å². The van der Waals surface area contributed by atoms with Crippen molar-refractivity contribution in [2.45, 2.75) is 38.2 Å². The number of ether oxygens (including phenoxy) is 1. The normalized spacial score (nSPS) is 19.8. The zero-order valence-corrected chi connectivity index (χ0v) is 7.85.